The van der Waals surface area contributed by atoms with Crippen molar-refractivity contribution in [2.24, 2.45) is 0 Å². The summed E-state index contributed by atoms with van der Waals surface area (Å²) in [4.78, 5) is 0. The molecule has 1 heterocycles. The lowest BCUT2D eigenvalue weighted by Crippen LogP contribution is -1.95. The van der Waals surface area contributed by atoms with Crippen molar-refractivity contribution in [1.82, 2.24) is 9.59 Å². The maximum Gasteiger partial charge on any atom is 0.133 e. The van der Waals surface area contributed by atoms with Gasteiger partial charge in [-0.25, -0.2) is 0 Å². The first-order valence-electron chi connectivity index (χ1n) is 4.02. The molecule has 0 aliphatic rings. The summed E-state index contributed by atoms with van der Waals surface area (Å²) in [5, 5.41) is 14.7. The van der Waals surface area contributed by atoms with Crippen LogP contribution in [0.4, 0.5) is 0 Å². The standard InChI is InChI=1S/C9H8N2O2S/c12-8-1-3-9(4-2-8)13-5-7-6-14-11-10-7/h1-4,6,12H,5H2. The monoisotopic (exact) mass is 208 g/mol. The Morgan fingerprint density at radius 3 is 2.71 bits per heavy atom. The average Bonchev–Trinajstić information content (AvgIpc) is 2.70. The molecular formula is C9H8N2O2S. The van der Waals surface area contributed by atoms with Crippen LogP contribution in [0.25, 0.3) is 0 Å². The van der Waals surface area contributed by atoms with E-state index in [2.05, 4.69) is 9.59 Å². The van der Waals surface area contributed by atoms with E-state index in [0.29, 0.717) is 12.4 Å². The van der Waals surface area contributed by atoms with E-state index in [9.17, 15) is 0 Å². The number of benzene rings is 1. The van der Waals surface area contributed by atoms with E-state index in [1.807, 2.05) is 5.38 Å². The smallest absolute Gasteiger partial charge is 0.133 e. The molecule has 14 heavy (non-hydrogen) atoms. The predicted octanol–water partition coefficient (Wildman–Crippen LogP) is 1.82. The second kappa shape index (κ2) is 4.06. The molecule has 2 aromatic rings. The van der Waals surface area contributed by atoms with Gasteiger partial charge in [0, 0.05) is 5.38 Å². The van der Waals surface area contributed by atoms with Gasteiger partial charge in [0.05, 0.1) is 0 Å². The summed E-state index contributed by atoms with van der Waals surface area (Å²) < 4.78 is 9.12. The molecule has 0 saturated carbocycles. The minimum absolute atomic E-state index is 0.229. The number of aromatic nitrogens is 2. The zero-order valence-corrected chi connectivity index (χ0v) is 8.07. The van der Waals surface area contributed by atoms with Gasteiger partial charge in [-0.3, -0.25) is 0 Å². The Kier molecular flexibility index (Phi) is 2.60. The minimum Gasteiger partial charge on any atom is -0.508 e. The first-order valence-corrected chi connectivity index (χ1v) is 4.86. The molecule has 0 saturated heterocycles. The van der Waals surface area contributed by atoms with Crippen LogP contribution in [0.15, 0.2) is 29.6 Å². The summed E-state index contributed by atoms with van der Waals surface area (Å²) >= 11 is 1.30. The summed E-state index contributed by atoms with van der Waals surface area (Å²) in [5.74, 6) is 0.934. The fourth-order valence-corrected chi connectivity index (χ4v) is 1.38. The number of phenolic OH excluding ortho intramolecular Hbond substituents is 1. The van der Waals surface area contributed by atoms with Crippen molar-refractivity contribution < 1.29 is 9.84 Å². The Labute approximate surface area is 85.0 Å². The van der Waals surface area contributed by atoms with Crippen LogP contribution in [0.2, 0.25) is 0 Å². The molecular weight excluding hydrogens is 200 g/mol. The SMILES string of the molecule is Oc1ccc(OCc2csnn2)cc1. The molecule has 0 aliphatic carbocycles. The highest BCUT2D eigenvalue weighted by Crippen LogP contribution is 2.16. The largest absolute Gasteiger partial charge is 0.508 e. The third kappa shape index (κ3) is 2.20. The van der Waals surface area contributed by atoms with Gasteiger partial charge >= 0.3 is 0 Å². The molecule has 4 nitrogen and oxygen atoms in total. The van der Waals surface area contributed by atoms with E-state index in [-0.39, 0.29) is 5.75 Å². The molecule has 1 aromatic heterocycles. The molecule has 0 atom stereocenters. The van der Waals surface area contributed by atoms with Crippen LogP contribution >= 0.6 is 11.5 Å². The van der Waals surface area contributed by atoms with Gasteiger partial charge < -0.3 is 9.84 Å². The number of hydrogen-bond acceptors (Lipinski definition) is 5. The van der Waals surface area contributed by atoms with E-state index in [1.165, 1.54) is 11.5 Å². The third-order valence-corrected chi connectivity index (χ3v) is 2.18. The van der Waals surface area contributed by atoms with E-state index < -0.39 is 0 Å². The van der Waals surface area contributed by atoms with Crippen molar-refractivity contribution in [2.75, 3.05) is 0 Å². The van der Waals surface area contributed by atoms with Gasteiger partial charge in [-0.2, -0.15) is 0 Å². The molecule has 0 radical (unpaired) electrons. The minimum atomic E-state index is 0.229. The number of hydrogen-bond donors (Lipinski definition) is 1. The summed E-state index contributed by atoms with van der Waals surface area (Å²) in [6, 6.07) is 6.56. The second-order valence-electron chi connectivity index (χ2n) is 2.68. The molecule has 0 amide bonds. The number of nitrogens with zero attached hydrogens (tertiary/aromatic N) is 2. The topological polar surface area (TPSA) is 55.2 Å². The van der Waals surface area contributed by atoms with Crippen molar-refractivity contribution >= 4 is 11.5 Å². The van der Waals surface area contributed by atoms with Crippen molar-refractivity contribution in [3.8, 4) is 11.5 Å². The zero-order valence-electron chi connectivity index (χ0n) is 7.25. The van der Waals surface area contributed by atoms with Gasteiger partial charge in [0.25, 0.3) is 0 Å². The molecule has 2 rings (SSSR count). The Morgan fingerprint density at radius 2 is 2.07 bits per heavy atom. The van der Waals surface area contributed by atoms with Gasteiger partial charge in [0.15, 0.2) is 0 Å². The molecule has 0 bridgehead atoms. The Hall–Kier alpha value is -1.62. The fraction of sp³-hybridized carbons (Fsp3) is 0.111. The first kappa shape index (κ1) is 8.96. The molecule has 0 fully saturated rings. The van der Waals surface area contributed by atoms with E-state index in [1.54, 1.807) is 24.3 Å². The lowest BCUT2D eigenvalue weighted by atomic mass is 10.3. The normalized spacial score (nSPS) is 10.0. The van der Waals surface area contributed by atoms with Crippen molar-refractivity contribution in [2.45, 2.75) is 6.61 Å². The van der Waals surface area contributed by atoms with Crippen LogP contribution in [-0.4, -0.2) is 14.7 Å². The molecule has 1 N–H and O–H groups in total. The highest BCUT2D eigenvalue weighted by molar-refractivity contribution is 7.03. The first-order chi connectivity index (χ1) is 6.84. The Morgan fingerprint density at radius 1 is 1.29 bits per heavy atom. The van der Waals surface area contributed by atoms with Crippen LogP contribution in [0.1, 0.15) is 5.69 Å². The Balaban J connectivity index is 1.95. The van der Waals surface area contributed by atoms with Crippen molar-refractivity contribution in [3.05, 3.63) is 35.3 Å². The van der Waals surface area contributed by atoms with Gasteiger partial charge in [-0.1, -0.05) is 4.49 Å². The van der Waals surface area contributed by atoms with Crippen LogP contribution in [0.5, 0.6) is 11.5 Å². The zero-order chi connectivity index (χ0) is 9.80. The second-order valence-corrected chi connectivity index (χ2v) is 3.29. The molecule has 0 unspecified atom stereocenters. The molecule has 1 aromatic carbocycles. The summed E-state index contributed by atoms with van der Waals surface area (Å²) in [6.07, 6.45) is 0. The van der Waals surface area contributed by atoms with E-state index in [0.717, 1.165) is 5.69 Å². The number of ether oxygens (including phenoxy) is 1. The third-order valence-electron chi connectivity index (χ3n) is 1.63. The van der Waals surface area contributed by atoms with Crippen LogP contribution in [0.3, 0.4) is 0 Å². The Bertz CT molecular complexity index is 386. The van der Waals surface area contributed by atoms with E-state index in [4.69, 9.17) is 9.84 Å². The van der Waals surface area contributed by atoms with Crippen molar-refractivity contribution in [3.63, 3.8) is 0 Å². The number of aromatic hydroxyl groups is 1. The van der Waals surface area contributed by atoms with Crippen molar-refractivity contribution in [1.29, 1.82) is 0 Å². The van der Waals surface area contributed by atoms with Crippen LogP contribution < -0.4 is 4.74 Å². The van der Waals surface area contributed by atoms with E-state index >= 15 is 0 Å². The number of rotatable bonds is 3. The summed E-state index contributed by atoms with van der Waals surface area (Å²) in [6.45, 7) is 0.404. The summed E-state index contributed by atoms with van der Waals surface area (Å²) in [5.41, 5.74) is 0.808. The lowest BCUT2D eigenvalue weighted by molar-refractivity contribution is 0.300. The molecule has 0 aliphatic heterocycles. The highest BCUT2D eigenvalue weighted by atomic mass is 32.1. The lowest BCUT2D eigenvalue weighted by Gasteiger charge is -2.02. The molecule has 0 spiro atoms. The van der Waals surface area contributed by atoms with Crippen LogP contribution in [0, 0.1) is 0 Å². The fourth-order valence-electron chi connectivity index (χ4n) is 0.947. The van der Waals surface area contributed by atoms with Gasteiger partial charge in [-0.05, 0) is 35.8 Å². The quantitative estimate of drug-likeness (QED) is 0.836. The summed E-state index contributed by atoms with van der Waals surface area (Å²) in [7, 11) is 0. The van der Waals surface area contributed by atoms with Gasteiger partial charge in [0.2, 0.25) is 0 Å². The predicted molar refractivity (Wildman–Crippen MR) is 52.3 cm³/mol. The average molecular weight is 208 g/mol. The van der Waals surface area contributed by atoms with Gasteiger partial charge in [0.1, 0.15) is 23.8 Å². The maximum atomic E-state index is 9.03. The number of phenols is 1. The van der Waals surface area contributed by atoms with Gasteiger partial charge in [-0.15, -0.1) is 5.10 Å². The van der Waals surface area contributed by atoms with Crippen LogP contribution in [-0.2, 0) is 6.61 Å². The highest BCUT2D eigenvalue weighted by Gasteiger charge is 1.98. The molecule has 72 valence electrons. The molecule has 5 heteroatoms. The maximum absolute atomic E-state index is 9.03.